The molecule has 0 bridgehead atoms. The molecule has 1 aliphatic rings. The number of benzene rings is 3. The van der Waals surface area contributed by atoms with E-state index in [0.717, 1.165) is 19.3 Å². The van der Waals surface area contributed by atoms with E-state index < -0.39 is 14.9 Å². The highest BCUT2D eigenvalue weighted by Crippen LogP contribution is 2.36. The number of nitro benzene ring substituents is 1. The molecule has 3 aromatic carbocycles. The van der Waals surface area contributed by atoms with Crippen molar-refractivity contribution in [3.63, 3.8) is 0 Å². The number of nitrogens with one attached hydrogen (secondary N) is 1. The number of nitrogens with zero attached hydrogens (tertiary/aromatic N) is 4. The fourth-order valence-electron chi connectivity index (χ4n) is 5.27. The van der Waals surface area contributed by atoms with Crippen LogP contribution in [0.5, 0.6) is 5.75 Å². The van der Waals surface area contributed by atoms with Gasteiger partial charge in [0.05, 0.1) is 32.2 Å². The zero-order valence-corrected chi connectivity index (χ0v) is 23.8. The van der Waals surface area contributed by atoms with Crippen LogP contribution < -0.4 is 10.1 Å². The quantitative estimate of drug-likeness (QED) is 0.153. The van der Waals surface area contributed by atoms with Crippen LogP contribution in [0.4, 0.5) is 11.6 Å². The number of hydrogen-bond donors (Lipinski definition) is 1. The van der Waals surface area contributed by atoms with Gasteiger partial charge in [-0.1, -0.05) is 48.0 Å². The standard InChI is InChI=1S/C30H26ClN5O5S/c31-27-18-32-30(33-20-7-6-8-23(17-20)41-22-15-13-21(14-16-22)36(37)38)34-29(27)26-19-35(28-12-5-4-11-25(26)28)42(39,40)24-9-2-1-3-10-24/h1-5,9-16,18-20,23H,6-8,17H2,(H,32,33,34). The molecule has 12 heteroatoms. The summed E-state index contributed by atoms with van der Waals surface area (Å²) in [6, 6.07) is 21.6. The summed E-state index contributed by atoms with van der Waals surface area (Å²) in [7, 11) is -3.87. The first-order chi connectivity index (χ1) is 20.3. The molecule has 0 spiro atoms. The van der Waals surface area contributed by atoms with Crippen molar-refractivity contribution in [3.8, 4) is 17.0 Å². The fraction of sp³-hybridized carbons (Fsp3) is 0.200. The molecule has 10 nitrogen and oxygen atoms in total. The smallest absolute Gasteiger partial charge is 0.269 e. The second-order valence-corrected chi connectivity index (χ2v) is 12.3. The Kier molecular flexibility index (Phi) is 7.53. The van der Waals surface area contributed by atoms with Crippen molar-refractivity contribution < 1.29 is 18.1 Å². The second-order valence-electron chi connectivity index (χ2n) is 10.1. The molecule has 42 heavy (non-hydrogen) atoms. The topological polar surface area (TPSA) is 129 Å². The van der Waals surface area contributed by atoms with Gasteiger partial charge in [0.1, 0.15) is 11.9 Å². The summed E-state index contributed by atoms with van der Waals surface area (Å²) in [5.41, 5.74) is 1.52. The van der Waals surface area contributed by atoms with Gasteiger partial charge in [0.2, 0.25) is 5.95 Å². The maximum atomic E-state index is 13.6. The summed E-state index contributed by atoms with van der Waals surface area (Å²) >= 11 is 6.58. The van der Waals surface area contributed by atoms with E-state index >= 15 is 0 Å². The number of fused-ring (bicyclic) bond motifs is 1. The molecule has 0 radical (unpaired) electrons. The Bertz CT molecular complexity index is 1860. The van der Waals surface area contributed by atoms with Gasteiger partial charge in [-0.3, -0.25) is 10.1 Å². The van der Waals surface area contributed by atoms with Crippen LogP contribution in [0.3, 0.4) is 0 Å². The first kappa shape index (κ1) is 27.7. The van der Waals surface area contributed by atoms with E-state index in [9.17, 15) is 18.5 Å². The molecule has 1 N–H and O–H groups in total. The number of rotatable bonds is 8. The van der Waals surface area contributed by atoms with Gasteiger partial charge < -0.3 is 10.1 Å². The van der Waals surface area contributed by atoms with Crippen molar-refractivity contribution in [2.24, 2.45) is 0 Å². The number of para-hydroxylation sites is 1. The molecule has 0 amide bonds. The van der Waals surface area contributed by atoms with Gasteiger partial charge in [0.25, 0.3) is 15.7 Å². The van der Waals surface area contributed by atoms with Gasteiger partial charge in [-0.2, -0.15) is 0 Å². The number of aromatic nitrogens is 3. The minimum Gasteiger partial charge on any atom is -0.490 e. The predicted molar refractivity (Wildman–Crippen MR) is 160 cm³/mol. The lowest BCUT2D eigenvalue weighted by Gasteiger charge is -2.30. The number of halogens is 1. The van der Waals surface area contributed by atoms with Crippen LogP contribution in [-0.4, -0.2) is 39.4 Å². The number of non-ortho nitro benzene ring substituents is 1. The average molecular weight is 604 g/mol. The van der Waals surface area contributed by atoms with Gasteiger partial charge >= 0.3 is 0 Å². The van der Waals surface area contributed by atoms with E-state index in [1.165, 1.54) is 22.3 Å². The molecule has 2 aromatic heterocycles. The minimum absolute atomic E-state index is 0.0158. The average Bonchev–Trinajstić information content (AvgIpc) is 3.39. The van der Waals surface area contributed by atoms with Crippen LogP contribution in [0, 0.1) is 10.1 Å². The first-order valence-corrected chi connectivity index (χ1v) is 15.2. The normalized spacial score (nSPS) is 17.2. The van der Waals surface area contributed by atoms with E-state index in [4.69, 9.17) is 21.3 Å². The Morgan fingerprint density at radius 2 is 1.74 bits per heavy atom. The van der Waals surface area contributed by atoms with E-state index in [1.807, 2.05) is 12.1 Å². The molecule has 5 aromatic rings. The van der Waals surface area contributed by atoms with Gasteiger partial charge in [0, 0.05) is 41.7 Å². The van der Waals surface area contributed by atoms with Crippen LogP contribution in [0.15, 0.2) is 96.2 Å². The Morgan fingerprint density at radius 3 is 2.50 bits per heavy atom. The molecule has 2 unspecified atom stereocenters. The molecule has 214 valence electrons. The Balaban J connectivity index is 1.26. The summed E-state index contributed by atoms with van der Waals surface area (Å²) in [4.78, 5) is 19.8. The van der Waals surface area contributed by atoms with E-state index in [1.54, 1.807) is 60.8 Å². The zero-order chi connectivity index (χ0) is 29.3. The molecule has 2 heterocycles. The zero-order valence-electron chi connectivity index (χ0n) is 22.3. The third-order valence-electron chi connectivity index (χ3n) is 7.29. The van der Waals surface area contributed by atoms with Crippen molar-refractivity contribution in [2.75, 3.05) is 5.32 Å². The van der Waals surface area contributed by atoms with Crippen LogP contribution in [0.25, 0.3) is 22.2 Å². The number of nitro groups is 1. The fourth-order valence-corrected chi connectivity index (χ4v) is 6.86. The van der Waals surface area contributed by atoms with E-state index in [0.29, 0.717) is 45.3 Å². The lowest BCUT2D eigenvalue weighted by molar-refractivity contribution is -0.384. The molecule has 6 rings (SSSR count). The molecule has 2 atom stereocenters. The summed E-state index contributed by atoms with van der Waals surface area (Å²) in [5, 5.41) is 15.3. The highest BCUT2D eigenvalue weighted by molar-refractivity contribution is 7.90. The van der Waals surface area contributed by atoms with Gasteiger partial charge in [-0.15, -0.1) is 0 Å². The summed E-state index contributed by atoms with van der Waals surface area (Å²) in [6.45, 7) is 0. The Labute approximate surface area is 247 Å². The van der Waals surface area contributed by atoms with Crippen molar-refractivity contribution in [3.05, 3.63) is 106 Å². The van der Waals surface area contributed by atoms with Crippen molar-refractivity contribution in [2.45, 2.75) is 42.7 Å². The molecule has 1 saturated carbocycles. The van der Waals surface area contributed by atoms with Crippen molar-refractivity contribution in [1.29, 1.82) is 0 Å². The molecular formula is C30H26ClN5O5S. The third kappa shape index (κ3) is 5.53. The Morgan fingerprint density at radius 1 is 1.00 bits per heavy atom. The number of anilines is 1. The molecule has 1 fully saturated rings. The summed E-state index contributed by atoms with van der Waals surface area (Å²) in [5.74, 6) is 0.955. The molecule has 1 aliphatic carbocycles. The second kappa shape index (κ2) is 11.4. The number of ether oxygens (including phenoxy) is 1. The van der Waals surface area contributed by atoms with Crippen LogP contribution in [-0.2, 0) is 10.0 Å². The van der Waals surface area contributed by atoms with E-state index in [-0.39, 0.29) is 22.7 Å². The van der Waals surface area contributed by atoms with Crippen molar-refractivity contribution in [1.82, 2.24) is 13.9 Å². The SMILES string of the molecule is O=[N+]([O-])c1ccc(OC2CCCC(Nc3ncc(Cl)c(-c4cn(S(=O)(=O)c5ccccc5)c5ccccc45)n3)C2)cc1. The molecule has 0 saturated heterocycles. The largest absolute Gasteiger partial charge is 0.490 e. The molecular weight excluding hydrogens is 578 g/mol. The van der Waals surface area contributed by atoms with Crippen LogP contribution >= 0.6 is 11.6 Å². The van der Waals surface area contributed by atoms with Crippen LogP contribution in [0.2, 0.25) is 5.02 Å². The highest BCUT2D eigenvalue weighted by atomic mass is 35.5. The summed E-state index contributed by atoms with van der Waals surface area (Å²) < 4.78 is 34.5. The monoisotopic (exact) mass is 603 g/mol. The van der Waals surface area contributed by atoms with Crippen LogP contribution in [0.1, 0.15) is 25.7 Å². The predicted octanol–water partition coefficient (Wildman–Crippen LogP) is 6.70. The minimum atomic E-state index is -3.87. The maximum Gasteiger partial charge on any atom is 0.269 e. The Hall–Kier alpha value is -4.48. The lowest BCUT2D eigenvalue weighted by atomic mass is 9.93. The highest BCUT2D eigenvalue weighted by Gasteiger charge is 2.26. The van der Waals surface area contributed by atoms with Gasteiger partial charge in [-0.25, -0.2) is 22.4 Å². The lowest BCUT2D eigenvalue weighted by Crippen LogP contribution is -2.33. The number of hydrogen-bond acceptors (Lipinski definition) is 8. The third-order valence-corrected chi connectivity index (χ3v) is 9.25. The maximum absolute atomic E-state index is 13.6. The van der Waals surface area contributed by atoms with E-state index in [2.05, 4.69) is 10.3 Å². The first-order valence-electron chi connectivity index (χ1n) is 13.4. The molecule has 0 aliphatic heterocycles. The van der Waals surface area contributed by atoms with Gasteiger partial charge in [0.15, 0.2) is 0 Å². The van der Waals surface area contributed by atoms with Crippen molar-refractivity contribution >= 4 is 44.2 Å². The summed E-state index contributed by atoms with van der Waals surface area (Å²) in [6.07, 6.45) is 6.34. The van der Waals surface area contributed by atoms with Gasteiger partial charge in [-0.05, 0) is 49.6 Å².